The lowest BCUT2D eigenvalue weighted by Crippen LogP contribution is -2.42. The maximum Gasteiger partial charge on any atom is 0.308 e. The van der Waals surface area contributed by atoms with Crippen molar-refractivity contribution in [2.75, 3.05) is 13.2 Å². The van der Waals surface area contributed by atoms with Gasteiger partial charge < -0.3 is 25.3 Å². The van der Waals surface area contributed by atoms with Crippen LogP contribution in [0.4, 0.5) is 0 Å². The first-order valence-corrected chi connectivity index (χ1v) is 12.8. The fourth-order valence-electron chi connectivity index (χ4n) is 3.21. The molecule has 202 valence electrons. The molecule has 0 unspecified atom stereocenters. The molecule has 0 aliphatic rings. The predicted octanol–water partition coefficient (Wildman–Crippen LogP) is 4.23. The molecule has 2 aromatic carbocycles. The van der Waals surface area contributed by atoms with Crippen molar-refractivity contribution in [1.29, 1.82) is 0 Å². The molecule has 0 aliphatic heterocycles. The van der Waals surface area contributed by atoms with Crippen LogP contribution in [0, 0.1) is 0 Å². The number of ether oxygens (including phenoxy) is 3. The molecule has 0 bridgehead atoms. The highest BCUT2D eigenvalue weighted by atomic mass is 35.6. The van der Waals surface area contributed by atoms with E-state index in [1.165, 1.54) is 0 Å². The van der Waals surface area contributed by atoms with Crippen molar-refractivity contribution >= 4 is 52.6 Å². The summed E-state index contributed by atoms with van der Waals surface area (Å²) in [6.45, 7) is 0.0906. The number of carbonyl (C=O) groups excluding carboxylic acids is 3. The topological polar surface area (TPSA) is 117 Å². The van der Waals surface area contributed by atoms with Gasteiger partial charge in [0.25, 0.3) is 0 Å². The van der Waals surface area contributed by atoms with Crippen LogP contribution in [-0.2, 0) is 41.8 Å². The molecule has 0 spiro atoms. The number of esters is 2. The van der Waals surface area contributed by atoms with E-state index in [1.807, 2.05) is 60.7 Å². The molecule has 37 heavy (non-hydrogen) atoms. The number of hydrogen-bond donors (Lipinski definition) is 2. The van der Waals surface area contributed by atoms with Gasteiger partial charge in [-0.25, -0.2) is 0 Å². The molecular formula is C26H31Cl3N2O6. The van der Waals surface area contributed by atoms with Crippen LogP contribution in [0.1, 0.15) is 36.8 Å². The van der Waals surface area contributed by atoms with Crippen LogP contribution in [0.15, 0.2) is 60.7 Å². The number of halogens is 3. The van der Waals surface area contributed by atoms with Crippen LogP contribution in [-0.4, -0.2) is 46.9 Å². The molecule has 11 heteroatoms. The number of rotatable bonds is 15. The molecule has 0 aromatic heterocycles. The standard InChI is InChI=1S/C26H31Cl3N2O6/c27-26(28,29)18-37-25(34)14-22(17-35-15-19-7-3-1-4-8-19)31-23(32)13-21(30)11-12-24(33)36-16-20-9-5-2-6-10-20/h1-10,21-22H,11-18,30H2,(H,31,32)/t21-,22+/m0/s1. The highest BCUT2D eigenvalue weighted by molar-refractivity contribution is 6.67. The van der Waals surface area contributed by atoms with Crippen molar-refractivity contribution in [1.82, 2.24) is 5.32 Å². The lowest BCUT2D eigenvalue weighted by Gasteiger charge is -2.20. The molecule has 0 saturated heterocycles. The van der Waals surface area contributed by atoms with Crippen molar-refractivity contribution in [3.63, 3.8) is 0 Å². The zero-order valence-corrected chi connectivity index (χ0v) is 22.5. The monoisotopic (exact) mass is 572 g/mol. The normalized spacial score (nSPS) is 12.9. The van der Waals surface area contributed by atoms with E-state index in [0.29, 0.717) is 6.61 Å². The Morgan fingerprint density at radius 1 is 0.838 bits per heavy atom. The summed E-state index contributed by atoms with van der Waals surface area (Å²) in [6, 6.07) is 17.5. The second-order valence-electron chi connectivity index (χ2n) is 8.39. The van der Waals surface area contributed by atoms with Crippen LogP contribution in [0.3, 0.4) is 0 Å². The third-order valence-electron chi connectivity index (χ3n) is 5.02. The minimum absolute atomic E-state index is 0.0462. The molecule has 1 amide bonds. The van der Waals surface area contributed by atoms with E-state index in [-0.39, 0.29) is 38.9 Å². The third-order valence-corrected chi connectivity index (χ3v) is 5.34. The first-order chi connectivity index (χ1) is 17.6. The average molecular weight is 574 g/mol. The minimum atomic E-state index is -1.74. The zero-order valence-electron chi connectivity index (χ0n) is 20.2. The Hall–Kier alpha value is -2.36. The first-order valence-electron chi connectivity index (χ1n) is 11.7. The van der Waals surface area contributed by atoms with Gasteiger partial charge in [0.15, 0.2) is 0 Å². The number of alkyl halides is 3. The summed E-state index contributed by atoms with van der Waals surface area (Å²) in [4.78, 5) is 36.8. The largest absolute Gasteiger partial charge is 0.461 e. The Morgan fingerprint density at radius 3 is 2.03 bits per heavy atom. The number of amides is 1. The molecule has 8 nitrogen and oxygen atoms in total. The lowest BCUT2D eigenvalue weighted by atomic mass is 10.1. The second-order valence-corrected chi connectivity index (χ2v) is 10.9. The summed E-state index contributed by atoms with van der Waals surface area (Å²) in [7, 11) is 0. The van der Waals surface area contributed by atoms with Crippen molar-refractivity contribution < 1.29 is 28.6 Å². The molecule has 2 rings (SSSR count). The molecule has 2 atom stereocenters. The number of hydrogen-bond acceptors (Lipinski definition) is 7. The maximum absolute atomic E-state index is 12.6. The fraction of sp³-hybridized carbons (Fsp3) is 0.423. The van der Waals surface area contributed by atoms with Crippen LogP contribution >= 0.6 is 34.8 Å². The van der Waals surface area contributed by atoms with Gasteiger partial charge in [0, 0.05) is 18.9 Å². The van der Waals surface area contributed by atoms with Crippen molar-refractivity contribution in [2.24, 2.45) is 5.73 Å². The Morgan fingerprint density at radius 2 is 1.43 bits per heavy atom. The molecule has 0 radical (unpaired) electrons. The summed E-state index contributed by atoms with van der Waals surface area (Å²) in [5.74, 6) is -1.46. The van der Waals surface area contributed by atoms with Crippen molar-refractivity contribution in [3.05, 3.63) is 71.8 Å². The number of carbonyl (C=O) groups is 3. The van der Waals surface area contributed by atoms with Crippen LogP contribution < -0.4 is 11.1 Å². The molecule has 3 N–H and O–H groups in total. The predicted molar refractivity (Wildman–Crippen MR) is 142 cm³/mol. The van der Waals surface area contributed by atoms with Gasteiger partial charge in [-0.1, -0.05) is 95.5 Å². The molecule has 0 aliphatic carbocycles. The summed E-state index contributed by atoms with van der Waals surface area (Å²) < 4.78 is 14.1. The molecule has 2 aromatic rings. The van der Waals surface area contributed by atoms with E-state index in [9.17, 15) is 14.4 Å². The molecular weight excluding hydrogens is 543 g/mol. The second kappa shape index (κ2) is 16.5. The highest BCUT2D eigenvalue weighted by Gasteiger charge is 2.24. The van der Waals surface area contributed by atoms with E-state index in [2.05, 4.69) is 5.32 Å². The molecule has 0 heterocycles. The van der Waals surface area contributed by atoms with Crippen molar-refractivity contribution in [3.8, 4) is 0 Å². The summed E-state index contributed by atoms with van der Waals surface area (Å²) >= 11 is 16.9. The van der Waals surface area contributed by atoms with E-state index in [4.69, 9.17) is 54.7 Å². The van der Waals surface area contributed by atoms with Gasteiger partial charge in [-0.05, 0) is 17.5 Å². The van der Waals surface area contributed by atoms with Gasteiger partial charge in [-0.2, -0.15) is 0 Å². The van der Waals surface area contributed by atoms with E-state index in [0.717, 1.165) is 11.1 Å². The lowest BCUT2D eigenvalue weighted by molar-refractivity contribution is -0.146. The highest BCUT2D eigenvalue weighted by Crippen LogP contribution is 2.26. The van der Waals surface area contributed by atoms with Gasteiger partial charge in [0.2, 0.25) is 9.70 Å². The van der Waals surface area contributed by atoms with E-state index in [1.54, 1.807) is 0 Å². The van der Waals surface area contributed by atoms with E-state index < -0.39 is 40.3 Å². The first kappa shape index (κ1) is 30.9. The minimum Gasteiger partial charge on any atom is -0.461 e. The quantitative estimate of drug-likeness (QED) is 0.242. The van der Waals surface area contributed by atoms with Gasteiger partial charge in [0.05, 0.1) is 25.7 Å². The third kappa shape index (κ3) is 14.8. The average Bonchev–Trinajstić information content (AvgIpc) is 2.85. The van der Waals surface area contributed by atoms with Crippen molar-refractivity contribution in [2.45, 2.75) is 54.8 Å². The summed E-state index contributed by atoms with van der Waals surface area (Å²) in [6.07, 6.45) is 0.0996. The Balaban J connectivity index is 1.78. The molecule has 0 fully saturated rings. The fourth-order valence-corrected chi connectivity index (χ4v) is 3.37. The van der Waals surface area contributed by atoms with Gasteiger partial charge >= 0.3 is 11.9 Å². The SMILES string of the molecule is N[C@@H](CCC(=O)OCc1ccccc1)CC(=O)N[C@@H](COCc1ccccc1)CC(=O)OCC(Cl)(Cl)Cl. The number of nitrogens with one attached hydrogen (secondary N) is 1. The van der Waals surface area contributed by atoms with Crippen LogP contribution in [0.25, 0.3) is 0 Å². The number of benzene rings is 2. The zero-order chi connectivity index (χ0) is 27.1. The maximum atomic E-state index is 12.6. The van der Waals surface area contributed by atoms with Gasteiger partial charge in [-0.3, -0.25) is 14.4 Å². The van der Waals surface area contributed by atoms with E-state index >= 15 is 0 Å². The Kier molecular flexibility index (Phi) is 13.7. The van der Waals surface area contributed by atoms with Gasteiger partial charge in [-0.15, -0.1) is 0 Å². The molecule has 0 saturated carbocycles. The summed E-state index contributed by atoms with van der Waals surface area (Å²) in [5, 5.41) is 2.74. The number of nitrogens with two attached hydrogens (primary N) is 1. The Labute approximate surface area is 231 Å². The van der Waals surface area contributed by atoms with Crippen LogP contribution in [0.5, 0.6) is 0 Å². The van der Waals surface area contributed by atoms with Crippen LogP contribution in [0.2, 0.25) is 0 Å². The van der Waals surface area contributed by atoms with Gasteiger partial charge in [0.1, 0.15) is 13.2 Å². The Bertz CT molecular complexity index is 973. The summed E-state index contributed by atoms with van der Waals surface area (Å²) in [5.41, 5.74) is 7.86. The smallest absolute Gasteiger partial charge is 0.308 e.